The smallest absolute Gasteiger partial charge is 0.338 e. The maximum Gasteiger partial charge on any atom is 0.338 e. The van der Waals surface area contributed by atoms with Gasteiger partial charge in [0, 0.05) is 17.3 Å². The molecule has 0 saturated heterocycles. The number of hydrogen-bond donors (Lipinski definition) is 1. The molecule has 0 saturated carbocycles. The van der Waals surface area contributed by atoms with Gasteiger partial charge >= 0.3 is 5.97 Å². The summed E-state index contributed by atoms with van der Waals surface area (Å²) in [5.41, 5.74) is 2.13. The highest BCUT2D eigenvalue weighted by atomic mass is 16.6. The van der Waals surface area contributed by atoms with Gasteiger partial charge in [0.15, 0.2) is 6.10 Å². The first-order valence-electron chi connectivity index (χ1n) is 9.10. The molecule has 2 aromatic rings. The number of nitrogens with zero attached hydrogens (tertiary/aromatic N) is 1. The van der Waals surface area contributed by atoms with Gasteiger partial charge in [0.1, 0.15) is 0 Å². The van der Waals surface area contributed by atoms with Crippen LogP contribution >= 0.6 is 0 Å². The van der Waals surface area contributed by atoms with Crippen LogP contribution in [0.1, 0.15) is 54.6 Å². The van der Waals surface area contributed by atoms with E-state index < -0.39 is 22.9 Å². The third kappa shape index (κ3) is 4.94. The molecule has 0 spiro atoms. The van der Waals surface area contributed by atoms with Gasteiger partial charge in [-0.2, -0.15) is 0 Å². The molecule has 28 heavy (non-hydrogen) atoms. The normalized spacial score (nSPS) is 12.7. The molecule has 0 aromatic heterocycles. The SMILES string of the molecule is CCC(C)c1ccccc1NC(=O)C(C)OC(=O)c1ccc([N+](=O)[O-])c(C)c1. The van der Waals surface area contributed by atoms with Gasteiger partial charge in [-0.1, -0.05) is 32.0 Å². The number of carbonyl (C=O) groups is 2. The van der Waals surface area contributed by atoms with E-state index in [-0.39, 0.29) is 17.2 Å². The Morgan fingerprint density at radius 1 is 1.18 bits per heavy atom. The molecule has 7 heteroatoms. The highest BCUT2D eigenvalue weighted by molar-refractivity contribution is 5.98. The molecule has 0 fully saturated rings. The first kappa shape index (κ1) is 21.1. The van der Waals surface area contributed by atoms with Crippen LogP contribution in [-0.4, -0.2) is 22.9 Å². The molecule has 2 atom stereocenters. The van der Waals surface area contributed by atoms with Crippen molar-refractivity contribution in [2.75, 3.05) is 5.32 Å². The first-order chi connectivity index (χ1) is 13.2. The molecule has 2 rings (SSSR count). The zero-order valence-electron chi connectivity index (χ0n) is 16.4. The second-order valence-corrected chi connectivity index (χ2v) is 6.69. The van der Waals surface area contributed by atoms with Crippen molar-refractivity contribution in [2.24, 2.45) is 0 Å². The number of aryl methyl sites for hydroxylation is 1. The van der Waals surface area contributed by atoms with Crippen molar-refractivity contribution in [3.05, 3.63) is 69.3 Å². The minimum Gasteiger partial charge on any atom is -0.449 e. The second-order valence-electron chi connectivity index (χ2n) is 6.69. The number of nitrogens with one attached hydrogen (secondary N) is 1. The molecule has 2 unspecified atom stereocenters. The van der Waals surface area contributed by atoms with E-state index >= 15 is 0 Å². The van der Waals surface area contributed by atoms with Crippen molar-refractivity contribution in [1.29, 1.82) is 0 Å². The molecule has 1 amide bonds. The van der Waals surface area contributed by atoms with Gasteiger partial charge in [-0.3, -0.25) is 14.9 Å². The molecule has 148 valence electrons. The number of nitro benzene ring substituents is 1. The van der Waals surface area contributed by atoms with Crippen LogP contribution in [0.15, 0.2) is 42.5 Å². The molecule has 7 nitrogen and oxygen atoms in total. The number of para-hydroxylation sites is 1. The fourth-order valence-electron chi connectivity index (χ4n) is 2.76. The van der Waals surface area contributed by atoms with Gasteiger partial charge in [0.25, 0.3) is 11.6 Å². The number of esters is 1. The first-order valence-corrected chi connectivity index (χ1v) is 9.10. The Morgan fingerprint density at radius 2 is 1.86 bits per heavy atom. The molecule has 0 aliphatic heterocycles. The van der Waals surface area contributed by atoms with Crippen LogP contribution in [0.25, 0.3) is 0 Å². The van der Waals surface area contributed by atoms with Crippen LogP contribution in [0, 0.1) is 17.0 Å². The zero-order valence-corrected chi connectivity index (χ0v) is 16.4. The Hall–Kier alpha value is -3.22. The molecule has 0 radical (unpaired) electrons. The summed E-state index contributed by atoms with van der Waals surface area (Å²) >= 11 is 0. The third-order valence-corrected chi connectivity index (χ3v) is 4.64. The van der Waals surface area contributed by atoms with Gasteiger partial charge in [-0.15, -0.1) is 0 Å². The highest BCUT2D eigenvalue weighted by Crippen LogP contribution is 2.26. The van der Waals surface area contributed by atoms with Gasteiger partial charge in [-0.25, -0.2) is 4.79 Å². The molecule has 0 aliphatic carbocycles. The maximum absolute atomic E-state index is 12.5. The van der Waals surface area contributed by atoms with Crippen molar-refractivity contribution in [2.45, 2.75) is 46.1 Å². The van der Waals surface area contributed by atoms with Crippen LogP contribution < -0.4 is 5.32 Å². The van der Waals surface area contributed by atoms with Crippen molar-refractivity contribution in [3.63, 3.8) is 0 Å². The Bertz CT molecular complexity index is 894. The average molecular weight is 384 g/mol. The Kier molecular flexibility index (Phi) is 6.87. The topological polar surface area (TPSA) is 98.5 Å². The molecular formula is C21H24N2O5. The van der Waals surface area contributed by atoms with E-state index in [2.05, 4.69) is 19.2 Å². The Morgan fingerprint density at radius 3 is 2.46 bits per heavy atom. The van der Waals surface area contributed by atoms with E-state index in [1.807, 2.05) is 24.3 Å². The Labute approximate surface area is 163 Å². The van der Waals surface area contributed by atoms with Crippen molar-refractivity contribution in [1.82, 2.24) is 0 Å². The fraction of sp³-hybridized carbons (Fsp3) is 0.333. The summed E-state index contributed by atoms with van der Waals surface area (Å²) in [6.07, 6.45) is -0.0929. The number of hydrogen-bond acceptors (Lipinski definition) is 5. The summed E-state index contributed by atoms with van der Waals surface area (Å²) in [5, 5.41) is 13.7. The third-order valence-electron chi connectivity index (χ3n) is 4.64. The lowest BCUT2D eigenvalue weighted by atomic mass is 9.97. The van der Waals surface area contributed by atoms with Crippen LogP contribution in [0.4, 0.5) is 11.4 Å². The molecule has 0 bridgehead atoms. The maximum atomic E-state index is 12.5. The zero-order chi connectivity index (χ0) is 20.8. The quantitative estimate of drug-likeness (QED) is 0.427. The van der Waals surface area contributed by atoms with E-state index in [1.165, 1.54) is 32.0 Å². The number of ether oxygens (including phenoxy) is 1. The second kappa shape index (κ2) is 9.12. The minimum atomic E-state index is -1.02. The van der Waals surface area contributed by atoms with Crippen molar-refractivity contribution < 1.29 is 19.2 Å². The summed E-state index contributed by atoms with van der Waals surface area (Å²) in [5.74, 6) is -0.879. The van der Waals surface area contributed by atoms with Crippen molar-refractivity contribution in [3.8, 4) is 0 Å². The van der Waals surface area contributed by atoms with Gasteiger partial charge in [0.2, 0.25) is 0 Å². The molecular weight excluding hydrogens is 360 g/mol. The highest BCUT2D eigenvalue weighted by Gasteiger charge is 2.22. The van der Waals surface area contributed by atoms with E-state index in [0.29, 0.717) is 11.3 Å². The van der Waals surface area contributed by atoms with E-state index in [4.69, 9.17) is 4.74 Å². The van der Waals surface area contributed by atoms with Crippen LogP contribution in [0.3, 0.4) is 0 Å². The van der Waals surface area contributed by atoms with Gasteiger partial charge < -0.3 is 10.1 Å². The van der Waals surface area contributed by atoms with Gasteiger partial charge in [-0.05, 0) is 49.9 Å². The standard InChI is InChI=1S/C21H24N2O5/c1-5-13(2)17-8-6-7-9-18(17)22-20(24)15(4)28-21(25)16-10-11-19(23(26)27)14(3)12-16/h6-13,15H,5H2,1-4H3,(H,22,24). The average Bonchev–Trinajstić information content (AvgIpc) is 2.67. The number of rotatable bonds is 7. The number of nitro groups is 1. The molecule has 0 aliphatic rings. The predicted octanol–water partition coefficient (Wildman–Crippen LogP) is 4.60. The summed E-state index contributed by atoms with van der Waals surface area (Å²) < 4.78 is 5.23. The number of anilines is 1. The van der Waals surface area contributed by atoms with Gasteiger partial charge in [0.05, 0.1) is 10.5 Å². The fourth-order valence-corrected chi connectivity index (χ4v) is 2.76. The van der Waals surface area contributed by atoms with Crippen LogP contribution in [0.2, 0.25) is 0 Å². The monoisotopic (exact) mass is 384 g/mol. The van der Waals surface area contributed by atoms with E-state index in [0.717, 1.165) is 12.0 Å². The number of amides is 1. The lowest BCUT2D eigenvalue weighted by Gasteiger charge is -2.18. The predicted molar refractivity (Wildman–Crippen MR) is 106 cm³/mol. The number of benzene rings is 2. The lowest BCUT2D eigenvalue weighted by Crippen LogP contribution is -2.30. The number of carbonyl (C=O) groups excluding carboxylic acids is 2. The summed E-state index contributed by atoms with van der Waals surface area (Å²) in [4.78, 5) is 35.1. The molecule has 2 aromatic carbocycles. The summed E-state index contributed by atoms with van der Waals surface area (Å²) in [6.45, 7) is 7.17. The van der Waals surface area contributed by atoms with Crippen molar-refractivity contribution >= 4 is 23.3 Å². The van der Waals surface area contributed by atoms with Crippen LogP contribution in [0.5, 0.6) is 0 Å². The largest absolute Gasteiger partial charge is 0.449 e. The van der Waals surface area contributed by atoms with E-state index in [9.17, 15) is 19.7 Å². The molecule has 1 N–H and O–H groups in total. The Balaban J connectivity index is 2.08. The summed E-state index contributed by atoms with van der Waals surface area (Å²) in [7, 11) is 0. The van der Waals surface area contributed by atoms with Crippen LogP contribution in [-0.2, 0) is 9.53 Å². The molecule has 0 heterocycles. The summed E-state index contributed by atoms with van der Waals surface area (Å²) in [6, 6.07) is 11.5. The minimum absolute atomic E-state index is 0.0796. The van der Waals surface area contributed by atoms with E-state index in [1.54, 1.807) is 0 Å². The lowest BCUT2D eigenvalue weighted by molar-refractivity contribution is -0.385.